The topological polar surface area (TPSA) is 8.17 Å². The fourth-order valence-electron chi connectivity index (χ4n) is 8.50. The summed E-state index contributed by atoms with van der Waals surface area (Å²) in [4.78, 5) is 1.86. The van der Waals surface area contributed by atoms with Crippen molar-refractivity contribution < 1.29 is 5.48 Å². The number of anilines is 3. The van der Waals surface area contributed by atoms with Gasteiger partial charge >= 0.3 is 0 Å². The van der Waals surface area contributed by atoms with E-state index < -0.39 is 0 Å². The van der Waals surface area contributed by atoms with Gasteiger partial charge in [-0.15, -0.1) is 0 Å². The molecule has 272 valence electrons. The lowest BCUT2D eigenvalue weighted by atomic mass is 9.97. The Morgan fingerprint density at radius 1 is 0.328 bits per heavy atom. The maximum absolute atomic E-state index is 9.66. The fraction of sp³-hybridized carbons (Fsp3) is 0. The minimum atomic E-state index is -0.125. The van der Waals surface area contributed by atoms with Gasteiger partial charge < -0.3 is 9.47 Å². The van der Waals surface area contributed by atoms with Gasteiger partial charge in [0.05, 0.1) is 16.5 Å². The van der Waals surface area contributed by atoms with Crippen molar-refractivity contribution in [3.8, 4) is 39.1 Å². The first-order valence-electron chi connectivity index (χ1n) is 21.6. The highest BCUT2D eigenvalue weighted by molar-refractivity contribution is 6.09. The van der Waals surface area contributed by atoms with Gasteiger partial charge in [-0.2, -0.15) is 0 Å². The molecule has 2 nitrogen and oxygen atoms in total. The highest BCUT2D eigenvalue weighted by atomic mass is 15.1. The molecule has 2 heteroatoms. The van der Waals surface area contributed by atoms with Crippen molar-refractivity contribution in [2.45, 2.75) is 0 Å². The van der Waals surface area contributed by atoms with E-state index in [4.69, 9.17) is 0 Å². The summed E-state index contributed by atoms with van der Waals surface area (Å²) in [7, 11) is 0. The van der Waals surface area contributed by atoms with Gasteiger partial charge in [0.25, 0.3) is 0 Å². The lowest BCUT2D eigenvalue weighted by molar-refractivity contribution is 1.18. The summed E-state index contributed by atoms with van der Waals surface area (Å²) in [5, 5.41) is 6.90. The Morgan fingerprint density at radius 3 is 1.31 bits per heavy atom. The van der Waals surface area contributed by atoms with Crippen molar-refractivity contribution in [2.24, 2.45) is 0 Å². The molecule has 1 heterocycles. The molecule has 0 aliphatic carbocycles. The number of rotatable bonds is 7. The zero-order valence-electron chi connectivity index (χ0n) is 35.5. The average Bonchev–Trinajstić information content (AvgIpc) is 3.67. The van der Waals surface area contributed by atoms with Crippen LogP contribution in [0.5, 0.6) is 0 Å². The maximum atomic E-state index is 9.66. The predicted octanol–water partition coefficient (Wildman–Crippen LogP) is 15.6. The summed E-state index contributed by atoms with van der Waals surface area (Å²) < 4.78 is 40.6. The number of benzene rings is 10. The van der Waals surface area contributed by atoms with Crippen molar-refractivity contribution in [1.82, 2.24) is 4.57 Å². The number of para-hydroxylation sites is 2. The number of fused-ring (bicyclic) bond motifs is 5. The van der Waals surface area contributed by atoms with E-state index in [0.717, 1.165) is 71.3 Å². The van der Waals surface area contributed by atoms with Crippen LogP contribution < -0.4 is 4.90 Å². The predicted molar refractivity (Wildman–Crippen MR) is 247 cm³/mol. The highest BCUT2D eigenvalue weighted by Crippen LogP contribution is 2.40. The van der Waals surface area contributed by atoms with Crippen LogP contribution in [0, 0.1) is 0 Å². The minimum Gasteiger partial charge on any atom is -0.311 e. The van der Waals surface area contributed by atoms with E-state index >= 15 is 0 Å². The van der Waals surface area contributed by atoms with Crippen LogP contribution in [0.4, 0.5) is 17.1 Å². The van der Waals surface area contributed by atoms with Crippen LogP contribution in [0.1, 0.15) is 5.48 Å². The standard InChI is InChI=1S/C56H38N2/c1-3-18-49-40(12-1)14-10-22-51(49)42-28-34-46(35-29-42)57(47-36-30-43(31-37-47)52-23-11-15-41-13-2-4-19-50(41)52)45-32-26-39(27-33-45)44-16-9-17-48(38-44)58-55-24-7-5-20-53(55)54-21-6-8-25-56(54)58/h1-38H/i26D,27D,32D,33D. The van der Waals surface area contributed by atoms with Crippen molar-refractivity contribution in [1.29, 1.82) is 0 Å². The summed E-state index contributed by atoms with van der Waals surface area (Å²) in [6, 6.07) is 69.5. The van der Waals surface area contributed by atoms with Gasteiger partial charge in [-0.1, -0.05) is 170 Å². The number of hydrogen-bond donors (Lipinski definition) is 0. The molecule has 0 aliphatic rings. The summed E-state index contributed by atoms with van der Waals surface area (Å²) >= 11 is 0. The first kappa shape index (κ1) is 29.6. The second kappa shape index (κ2) is 14.1. The molecule has 11 rings (SSSR count). The van der Waals surface area contributed by atoms with E-state index in [-0.39, 0.29) is 35.4 Å². The largest absolute Gasteiger partial charge is 0.311 e. The molecular formula is C56H38N2. The molecule has 1 aromatic heterocycles. The van der Waals surface area contributed by atoms with Crippen LogP contribution in [0.25, 0.3) is 82.4 Å². The molecule has 0 saturated carbocycles. The molecule has 0 fully saturated rings. The molecule has 0 bridgehead atoms. The average molecular weight is 743 g/mol. The quantitative estimate of drug-likeness (QED) is 0.158. The summed E-state index contributed by atoms with van der Waals surface area (Å²) in [5.41, 5.74) is 9.74. The van der Waals surface area contributed by atoms with Crippen LogP contribution >= 0.6 is 0 Å². The van der Waals surface area contributed by atoms with Gasteiger partial charge in [0.1, 0.15) is 0 Å². The van der Waals surface area contributed by atoms with Crippen molar-refractivity contribution in [3.63, 3.8) is 0 Å². The zero-order valence-corrected chi connectivity index (χ0v) is 31.5. The first-order chi connectivity index (χ1) is 30.4. The van der Waals surface area contributed by atoms with E-state index in [9.17, 15) is 5.48 Å². The van der Waals surface area contributed by atoms with Gasteiger partial charge in [-0.25, -0.2) is 0 Å². The molecule has 0 amide bonds. The van der Waals surface area contributed by atoms with E-state index in [0.29, 0.717) is 16.9 Å². The van der Waals surface area contributed by atoms with Crippen molar-refractivity contribution in [3.05, 3.63) is 230 Å². The summed E-state index contributed by atoms with van der Waals surface area (Å²) in [6.45, 7) is 0. The molecule has 58 heavy (non-hydrogen) atoms. The van der Waals surface area contributed by atoms with Crippen LogP contribution in [0.15, 0.2) is 230 Å². The lowest BCUT2D eigenvalue weighted by Crippen LogP contribution is -2.09. The van der Waals surface area contributed by atoms with Gasteiger partial charge in [-0.05, 0) is 116 Å². The minimum absolute atomic E-state index is 0.106. The molecule has 10 aromatic carbocycles. The summed E-state index contributed by atoms with van der Waals surface area (Å²) in [6.07, 6.45) is 0. The third-order valence-corrected chi connectivity index (χ3v) is 11.3. The van der Waals surface area contributed by atoms with Crippen LogP contribution in [0.2, 0.25) is 0 Å². The Morgan fingerprint density at radius 2 is 0.776 bits per heavy atom. The first-order valence-corrected chi connectivity index (χ1v) is 19.6. The van der Waals surface area contributed by atoms with Gasteiger partial charge in [0.15, 0.2) is 0 Å². The van der Waals surface area contributed by atoms with Crippen LogP contribution in [0.3, 0.4) is 0 Å². The smallest absolute Gasteiger partial charge is 0.0645 e. The SMILES string of the molecule is [2H]c1c([2H])c(N(c2ccc(-c3cccc4ccccc34)cc2)c2ccc(-c3cccc4ccccc34)cc2)c([2H])c([2H])c1-c1cccc(-n2c3ccccc3c3ccccc32)c1. The molecule has 0 aliphatic heterocycles. The summed E-state index contributed by atoms with van der Waals surface area (Å²) in [5.74, 6) is 0. The van der Waals surface area contributed by atoms with E-state index in [2.05, 4.69) is 126 Å². The Hall–Kier alpha value is -7.68. The third kappa shape index (κ3) is 5.82. The van der Waals surface area contributed by atoms with Crippen molar-refractivity contribution >= 4 is 60.4 Å². The van der Waals surface area contributed by atoms with E-state index in [1.165, 1.54) is 0 Å². The van der Waals surface area contributed by atoms with Gasteiger partial charge in [0.2, 0.25) is 0 Å². The van der Waals surface area contributed by atoms with Crippen LogP contribution in [-0.4, -0.2) is 4.57 Å². The third-order valence-electron chi connectivity index (χ3n) is 11.3. The Kier molecular flexibility index (Phi) is 7.20. The zero-order chi connectivity index (χ0) is 41.9. The Balaban J connectivity index is 1.06. The molecule has 0 radical (unpaired) electrons. The Bertz CT molecular complexity index is 3300. The molecule has 0 saturated heterocycles. The maximum Gasteiger partial charge on any atom is 0.0645 e. The molecular weight excluding hydrogens is 701 g/mol. The number of aromatic nitrogens is 1. The Labute approximate surface area is 343 Å². The lowest BCUT2D eigenvalue weighted by Gasteiger charge is -2.26. The van der Waals surface area contributed by atoms with Crippen LogP contribution in [-0.2, 0) is 0 Å². The highest BCUT2D eigenvalue weighted by Gasteiger charge is 2.16. The second-order valence-corrected chi connectivity index (χ2v) is 14.6. The second-order valence-electron chi connectivity index (χ2n) is 14.6. The normalized spacial score (nSPS) is 12.4. The molecule has 0 atom stereocenters. The van der Waals surface area contributed by atoms with Gasteiger partial charge in [-0.3, -0.25) is 0 Å². The number of hydrogen-bond acceptors (Lipinski definition) is 1. The molecule has 0 spiro atoms. The van der Waals surface area contributed by atoms with Crippen molar-refractivity contribution in [2.75, 3.05) is 4.90 Å². The van der Waals surface area contributed by atoms with E-state index in [1.807, 2.05) is 89.8 Å². The van der Waals surface area contributed by atoms with Gasteiger partial charge in [0, 0.05) is 33.5 Å². The molecule has 0 unspecified atom stereocenters. The monoisotopic (exact) mass is 742 g/mol. The molecule has 0 N–H and O–H groups in total. The number of nitrogens with zero attached hydrogens (tertiary/aromatic N) is 2. The molecule has 11 aromatic rings. The fourth-order valence-corrected chi connectivity index (χ4v) is 8.50. The van der Waals surface area contributed by atoms with E-state index in [1.54, 1.807) is 0 Å².